The fourth-order valence-electron chi connectivity index (χ4n) is 1.12. The van der Waals surface area contributed by atoms with Crippen molar-refractivity contribution in [2.45, 2.75) is 0 Å². The molecule has 1 heterocycles. The van der Waals surface area contributed by atoms with Crippen molar-refractivity contribution in [1.82, 2.24) is 0 Å². The molecule has 0 aliphatic rings. The van der Waals surface area contributed by atoms with Gasteiger partial charge in [-0.05, 0) is 23.6 Å². The van der Waals surface area contributed by atoms with E-state index in [-0.39, 0.29) is 5.13 Å². The fraction of sp³-hybridized carbons (Fsp3) is 0. The summed E-state index contributed by atoms with van der Waals surface area (Å²) in [5, 5.41) is 9.49. The third-order valence-corrected chi connectivity index (χ3v) is 2.90. The lowest BCUT2D eigenvalue weighted by molar-refractivity contribution is 0.658. The Morgan fingerprint density at radius 1 is 1.38 bits per heavy atom. The Labute approximate surface area is 83.0 Å². The Hall–Kier alpha value is -1.11. The van der Waals surface area contributed by atoms with E-state index in [1.54, 1.807) is 12.1 Å². The standard InChI is InChI=1S/C9H3ClFNS/c10-7-3-8-5(1-6(7)4-12)2-9(11)13-8/h1-3H. The first kappa shape index (κ1) is 8.49. The molecule has 1 nitrogen and oxygen atoms in total. The predicted octanol–water partition coefficient (Wildman–Crippen LogP) is 3.57. The van der Waals surface area contributed by atoms with E-state index in [0.717, 1.165) is 21.4 Å². The number of fused-ring (bicyclic) bond motifs is 1. The highest BCUT2D eigenvalue weighted by atomic mass is 35.5. The molecule has 2 aromatic rings. The van der Waals surface area contributed by atoms with Crippen molar-refractivity contribution in [3.63, 3.8) is 0 Å². The zero-order chi connectivity index (χ0) is 9.42. The normalized spacial score (nSPS) is 10.2. The third kappa shape index (κ3) is 1.39. The van der Waals surface area contributed by atoms with E-state index in [0.29, 0.717) is 10.6 Å². The quantitative estimate of drug-likeness (QED) is 0.654. The highest BCUT2D eigenvalue weighted by Crippen LogP contribution is 2.29. The van der Waals surface area contributed by atoms with E-state index in [9.17, 15) is 4.39 Å². The number of hydrogen-bond acceptors (Lipinski definition) is 2. The number of nitrogens with zero attached hydrogens (tertiary/aromatic N) is 1. The van der Waals surface area contributed by atoms with Crippen molar-refractivity contribution in [3.05, 3.63) is 33.9 Å². The summed E-state index contributed by atoms with van der Waals surface area (Å²) < 4.78 is 13.5. The van der Waals surface area contributed by atoms with Crippen molar-refractivity contribution in [2.75, 3.05) is 0 Å². The van der Waals surface area contributed by atoms with Crippen LogP contribution in [-0.2, 0) is 0 Å². The molecular weight excluding hydrogens is 209 g/mol. The molecule has 0 spiro atoms. The molecular formula is C9H3ClFNS. The molecule has 0 amide bonds. The Kier molecular flexibility index (Phi) is 1.95. The van der Waals surface area contributed by atoms with Crippen LogP contribution in [0.4, 0.5) is 4.39 Å². The second kappa shape index (κ2) is 2.99. The second-order valence-corrected chi connectivity index (χ2v) is 3.97. The minimum Gasteiger partial charge on any atom is -0.195 e. The van der Waals surface area contributed by atoms with Gasteiger partial charge in [0.2, 0.25) is 0 Å². The van der Waals surface area contributed by atoms with E-state index in [1.165, 1.54) is 6.07 Å². The van der Waals surface area contributed by atoms with Crippen LogP contribution in [0.3, 0.4) is 0 Å². The van der Waals surface area contributed by atoms with Gasteiger partial charge in [-0.15, -0.1) is 11.3 Å². The summed E-state index contributed by atoms with van der Waals surface area (Å²) >= 11 is 6.80. The van der Waals surface area contributed by atoms with Crippen molar-refractivity contribution in [2.24, 2.45) is 0 Å². The van der Waals surface area contributed by atoms with Crippen molar-refractivity contribution in [3.8, 4) is 6.07 Å². The van der Waals surface area contributed by atoms with Gasteiger partial charge in [-0.25, -0.2) is 0 Å². The molecule has 2 rings (SSSR count). The molecule has 0 aliphatic heterocycles. The van der Waals surface area contributed by atoms with E-state index >= 15 is 0 Å². The highest BCUT2D eigenvalue weighted by Gasteiger charge is 2.05. The first-order valence-corrected chi connectivity index (χ1v) is 4.69. The molecule has 0 fully saturated rings. The first-order valence-electron chi connectivity index (χ1n) is 3.49. The third-order valence-electron chi connectivity index (χ3n) is 1.70. The smallest absolute Gasteiger partial charge is 0.177 e. The number of hydrogen-bond donors (Lipinski definition) is 0. The maximum atomic E-state index is 12.8. The molecule has 0 saturated carbocycles. The molecule has 0 unspecified atom stereocenters. The van der Waals surface area contributed by atoms with Gasteiger partial charge in [-0.2, -0.15) is 9.65 Å². The van der Waals surface area contributed by atoms with Gasteiger partial charge in [-0.3, -0.25) is 0 Å². The van der Waals surface area contributed by atoms with Crippen LogP contribution in [0.2, 0.25) is 5.02 Å². The summed E-state index contributed by atoms with van der Waals surface area (Å²) in [5.74, 6) is 0. The lowest BCUT2D eigenvalue weighted by Gasteiger charge is -1.93. The number of thiophene rings is 1. The maximum Gasteiger partial charge on any atom is 0.177 e. The molecule has 4 heteroatoms. The van der Waals surface area contributed by atoms with E-state index in [2.05, 4.69) is 0 Å². The molecule has 0 aliphatic carbocycles. The number of halogens is 2. The number of benzene rings is 1. The minimum atomic E-state index is -0.263. The molecule has 1 aromatic carbocycles. The topological polar surface area (TPSA) is 23.8 Å². The SMILES string of the molecule is N#Cc1cc2cc(F)sc2cc1Cl. The summed E-state index contributed by atoms with van der Waals surface area (Å²) in [6.45, 7) is 0. The van der Waals surface area contributed by atoms with Crippen LogP contribution in [0.25, 0.3) is 10.1 Å². The van der Waals surface area contributed by atoms with Crippen molar-refractivity contribution < 1.29 is 4.39 Å². The highest BCUT2D eigenvalue weighted by molar-refractivity contribution is 7.17. The molecule has 13 heavy (non-hydrogen) atoms. The van der Waals surface area contributed by atoms with Crippen molar-refractivity contribution >= 4 is 33.0 Å². The van der Waals surface area contributed by atoms with E-state index in [4.69, 9.17) is 16.9 Å². The van der Waals surface area contributed by atoms with Gasteiger partial charge in [0.25, 0.3) is 0 Å². The number of nitriles is 1. The van der Waals surface area contributed by atoms with E-state index < -0.39 is 0 Å². The minimum absolute atomic E-state index is 0.263. The largest absolute Gasteiger partial charge is 0.195 e. The molecule has 0 saturated heterocycles. The monoisotopic (exact) mass is 211 g/mol. The van der Waals surface area contributed by atoms with Gasteiger partial charge in [0.1, 0.15) is 6.07 Å². The van der Waals surface area contributed by atoms with Crippen LogP contribution in [0.1, 0.15) is 5.56 Å². The van der Waals surface area contributed by atoms with Gasteiger partial charge in [0.05, 0.1) is 10.6 Å². The van der Waals surface area contributed by atoms with Gasteiger partial charge in [0, 0.05) is 4.70 Å². The van der Waals surface area contributed by atoms with Gasteiger partial charge in [0.15, 0.2) is 5.13 Å². The van der Waals surface area contributed by atoms with Crippen LogP contribution in [-0.4, -0.2) is 0 Å². The van der Waals surface area contributed by atoms with Crippen LogP contribution < -0.4 is 0 Å². The molecule has 0 N–H and O–H groups in total. The van der Waals surface area contributed by atoms with Crippen LogP contribution >= 0.6 is 22.9 Å². The maximum absolute atomic E-state index is 12.8. The Morgan fingerprint density at radius 2 is 2.15 bits per heavy atom. The average Bonchev–Trinajstić information content (AvgIpc) is 2.42. The summed E-state index contributed by atoms with van der Waals surface area (Å²) in [6, 6.07) is 6.56. The van der Waals surface area contributed by atoms with E-state index in [1.807, 2.05) is 6.07 Å². The summed E-state index contributed by atoms with van der Waals surface area (Å²) in [4.78, 5) is 0. The number of rotatable bonds is 0. The van der Waals surface area contributed by atoms with Gasteiger partial charge >= 0.3 is 0 Å². The Morgan fingerprint density at radius 3 is 2.85 bits per heavy atom. The summed E-state index contributed by atoms with van der Waals surface area (Å²) in [7, 11) is 0. The van der Waals surface area contributed by atoms with Crippen LogP contribution in [0, 0.1) is 16.5 Å². The van der Waals surface area contributed by atoms with Crippen molar-refractivity contribution in [1.29, 1.82) is 5.26 Å². The molecule has 64 valence electrons. The zero-order valence-electron chi connectivity index (χ0n) is 6.34. The van der Waals surface area contributed by atoms with Crippen LogP contribution in [0.15, 0.2) is 18.2 Å². The molecule has 0 radical (unpaired) electrons. The summed E-state index contributed by atoms with van der Waals surface area (Å²) in [5.41, 5.74) is 0.381. The summed E-state index contributed by atoms with van der Waals surface area (Å²) in [6.07, 6.45) is 0. The zero-order valence-corrected chi connectivity index (χ0v) is 7.92. The van der Waals surface area contributed by atoms with Gasteiger partial charge in [-0.1, -0.05) is 11.6 Å². The fourth-order valence-corrected chi connectivity index (χ4v) is 2.19. The van der Waals surface area contributed by atoms with Crippen LogP contribution in [0.5, 0.6) is 0 Å². The molecule has 0 atom stereocenters. The Bertz CT molecular complexity index is 512. The average molecular weight is 212 g/mol. The Balaban J connectivity index is 2.82. The molecule has 0 bridgehead atoms. The second-order valence-electron chi connectivity index (χ2n) is 2.53. The lowest BCUT2D eigenvalue weighted by Crippen LogP contribution is -1.74. The van der Waals surface area contributed by atoms with Gasteiger partial charge < -0.3 is 0 Å². The lowest BCUT2D eigenvalue weighted by atomic mass is 10.2. The first-order chi connectivity index (χ1) is 6.20. The predicted molar refractivity (Wildman–Crippen MR) is 51.5 cm³/mol. The molecule has 1 aromatic heterocycles.